The highest BCUT2D eigenvalue weighted by Crippen LogP contribution is 2.28. The third-order valence-corrected chi connectivity index (χ3v) is 4.73. The second-order valence-electron chi connectivity index (χ2n) is 6.48. The fraction of sp³-hybridized carbons (Fsp3) is 0.421. The van der Waals surface area contributed by atoms with E-state index in [0.29, 0.717) is 19.5 Å². The Morgan fingerprint density at radius 2 is 2.16 bits per heavy atom. The summed E-state index contributed by atoms with van der Waals surface area (Å²) in [6.45, 7) is 3.93. The Labute approximate surface area is 147 Å². The van der Waals surface area contributed by atoms with Crippen LogP contribution in [0.3, 0.4) is 0 Å². The number of nitrogens with one attached hydrogen (secondary N) is 1. The summed E-state index contributed by atoms with van der Waals surface area (Å²) in [6, 6.07) is 9.92. The zero-order chi connectivity index (χ0) is 17.6. The number of carbonyl (C=O) groups is 2. The van der Waals surface area contributed by atoms with Crippen LogP contribution in [0.1, 0.15) is 31.4 Å². The molecule has 0 saturated carbocycles. The van der Waals surface area contributed by atoms with Crippen LogP contribution in [-0.4, -0.2) is 39.4 Å². The van der Waals surface area contributed by atoms with Crippen molar-refractivity contribution >= 4 is 11.8 Å². The van der Waals surface area contributed by atoms with Gasteiger partial charge in [-0.3, -0.25) is 9.59 Å². The summed E-state index contributed by atoms with van der Waals surface area (Å²) in [7, 11) is 0. The molecule has 0 radical (unpaired) electrons. The number of aryl methyl sites for hydroxylation is 1. The summed E-state index contributed by atoms with van der Waals surface area (Å²) in [5.74, 6) is -0.233. The number of amides is 2. The Morgan fingerprint density at radius 3 is 2.88 bits per heavy atom. The summed E-state index contributed by atoms with van der Waals surface area (Å²) < 4.78 is 1.98. The molecule has 1 saturated heterocycles. The third kappa shape index (κ3) is 4.26. The average Bonchev–Trinajstić information content (AvgIpc) is 3.28. The molecule has 6 heteroatoms. The van der Waals surface area contributed by atoms with E-state index < -0.39 is 0 Å². The van der Waals surface area contributed by atoms with Crippen LogP contribution in [0, 0.1) is 5.92 Å². The van der Waals surface area contributed by atoms with Crippen LogP contribution in [0.25, 0.3) is 0 Å². The molecule has 1 fully saturated rings. The van der Waals surface area contributed by atoms with Gasteiger partial charge >= 0.3 is 0 Å². The lowest BCUT2D eigenvalue weighted by Crippen LogP contribution is -2.34. The number of likely N-dealkylation sites (tertiary alicyclic amines) is 1. The molecule has 1 aromatic carbocycles. The molecule has 3 rings (SSSR count). The topological polar surface area (TPSA) is 67.2 Å². The number of benzene rings is 1. The highest BCUT2D eigenvalue weighted by atomic mass is 16.2. The number of rotatable bonds is 7. The van der Waals surface area contributed by atoms with Gasteiger partial charge in [0.1, 0.15) is 0 Å². The first-order valence-corrected chi connectivity index (χ1v) is 8.73. The predicted molar refractivity (Wildman–Crippen MR) is 94.5 cm³/mol. The van der Waals surface area contributed by atoms with Gasteiger partial charge in [-0.05, 0) is 18.9 Å². The first kappa shape index (κ1) is 17.2. The van der Waals surface area contributed by atoms with Gasteiger partial charge in [-0.1, -0.05) is 30.3 Å². The Hall–Kier alpha value is -2.63. The van der Waals surface area contributed by atoms with E-state index in [1.54, 1.807) is 12.5 Å². The van der Waals surface area contributed by atoms with Crippen LogP contribution in [0.2, 0.25) is 0 Å². The van der Waals surface area contributed by atoms with Gasteiger partial charge in [0, 0.05) is 38.4 Å². The zero-order valence-electron chi connectivity index (χ0n) is 14.5. The normalized spacial score (nSPS) is 18.4. The first-order chi connectivity index (χ1) is 12.1. The maximum atomic E-state index is 12.3. The minimum atomic E-state index is -0.257. The molecule has 2 aromatic rings. The van der Waals surface area contributed by atoms with Gasteiger partial charge in [-0.2, -0.15) is 0 Å². The molecule has 1 aliphatic heterocycles. The highest BCUT2D eigenvalue weighted by Gasteiger charge is 2.36. The summed E-state index contributed by atoms with van der Waals surface area (Å²) in [4.78, 5) is 30.5. The number of imidazole rings is 1. The van der Waals surface area contributed by atoms with Crippen LogP contribution >= 0.6 is 0 Å². The van der Waals surface area contributed by atoms with Crippen molar-refractivity contribution in [1.82, 2.24) is 19.8 Å². The molecular weight excluding hydrogens is 316 g/mol. The number of nitrogens with zero attached hydrogens (tertiary/aromatic N) is 3. The van der Waals surface area contributed by atoms with Crippen molar-refractivity contribution in [3.05, 3.63) is 54.6 Å². The van der Waals surface area contributed by atoms with Crippen molar-refractivity contribution in [3.8, 4) is 0 Å². The van der Waals surface area contributed by atoms with Crippen LogP contribution in [0.15, 0.2) is 49.1 Å². The quantitative estimate of drug-likeness (QED) is 0.784. The monoisotopic (exact) mass is 340 g/mol. The van der Waals surface area contributed by atoms with Gasteiger partial charge in [0.25, 0.3) is 0 Å². The lowest BCUT2D eigenvalue weighted by atomic mass is 10.1. The molecule has 1 aliphatic rings. The van der Waals surface area contributed by atoms with Crippen LogP contribution < -0.4 is 5.32 Å². The molecule has 132 valence electrons. The first-order valence-electron chi connectivity index (χ1n) is 8.73. The van der Waals surface area contributed by atoms with Gasteiger partial charge in [0.15, 0.2) is 0 Å². The van der Waals surface area contributed by atoms with E-state index in [-0.39, 0.29) is 23.8 Å². The lowest BCUT2D eigenvalue weighted by Gasteiger charge is -2.25. The standard InChI is InChI=1S/C19H24N4O2/c1-15(16-6-3-2-4-7-16)23-13-17(12-18(23)24)19(25)21-8-5-10-22-11-9-20-14-22/h2-4,6-7,9,11,14-15,17H,5,8,10,12-13H2,1H3,(H,21,25)/t15-,17-/m0/s1. The van der Waals surface area contributed by atoms with Gasteiger partial charge in [-0.15, -0.1) is 0 Å². The van der Waals surface area contributed by atoms with E-state index in [2.05, 4.69) is 10.3 Å². The lowest BCUT2D eigenvalue weighted by molar-refractivity contribution is -0.130. The maximum Gasteiger partial charge on any atom is 0.225 e. The molecule has 2 amide bonds. The van der Waals surface area contributed by atoms with Crippen LogP contribution in [-0.2, 0) is 16.1 Å². The Balaban J connectivity index is 1.47. The Bertz CT molecular complexity index is 699. The average molecular weight is 340 g/mol. The number of hydrogen-bond donors (Lipinski definition) is 1. The van der Waals surface area contributed by atoms with E-state index >= 15 is 0 Å². The molecule has 2 atom stereocenters. The molecule has 6 nitrogen and oxygen atoms in total. The van der Waals surface area contributed by atoms with Crippen LogP contribution in [0.5, 0.6) is 0 Å². The van der Waals surface area contributed by atoms with Crippen molar-refractivity contribution in [2.75, 3.05) is 13.1 Å². The molecule has 0 aliphatic carbocycles. The second-order valence-corrected chi connectivity index (χ2v) is 6.48. The van der Waals surface area contributed by atoms with Gasteiger partial charge in [0.05, 0.1) is 18.3 Å². The number of carbonyl (C=O) groups excluding carboxylic acids is 2. The Morgan fingerprint density at radius 1 is 1.36 bits per heavy atom. The van der Waals surface area contributed by atoms with E-state index in [1.807, 2.05) is 52.9 Å². The molecule has 1 aromatic heterocycles. The van der Waals surface area contributed by atoms with E-state index in [0.717, 1.165) is 18.5 Å². The molecule has 2 heterocycles. The minimum Gasteiger partial charge on any atom is -0.356 e. The predicted octanol–water partition coefficient (Wildman–Crippen LogP) is 2.00. The minimum absolute atomic E-state index is 0.00672. The fourth-order valence-corrected chi connectivity index (χ4v) is 3.23. The molecule has 25 heavy (non-hydrogen) atoms. The SMILES string of the molecule is C[C@@H](c1ccccc1)N1C[C@@H](C(=O)NCCCn2ccnc2)CC1=O. The van der Waals surface area contributed by atoms with Gasteiger partial charge < -0.3 is 14.8 Å². The Kier molecular flexibility index (Phi) is 5.48. The zero-order valence-corrected chi connectivity index (χ0v) is 14.5. The van der Waals surface area contributed by atoms with Crippen molar-refractivity contribution in [1.29, 1.82) is 0 Å². The van der Waals surface area contributed by atoms with E-state index in [4.69, 9.17) is 0 Å². The summed E-state index contributed by atoms with van der Waals surface area (Å²) in [5, 5.41) is 2.96. The van der Waals surface area contributed by atoms with Crippen molar-refractivity contribution in [3.63, 3.8) is 0 Å². The van der Waals surface area contributed by atoms with E-state index in [1.165, 1.54) is 0 Å². The molecule has 0 bridgehead atoms. The molecule has 0 spiro atoms. The molecular formula is C19H24N4O2. The third-order valence-electron chi connectivity index (χ3n) is 4.73. The van der Waals surface area contributed by atoms with Gasteiger partial charge in [0.2, 0.25) is 11.8 Å². The van der Waals surface area contributed by atoms with Crippen LogP contribution in [0.4, 0.5) is 0 Å². The van der Waals surface area contributed by atoms with E-state index in [9.17, 15) is 9.59 Å². The highest BCUT2D eigenvalue weighted by molar-refractivity contribution is 5.89. The largest absolute Gasteiger partial charge is 0.356 e. The summed E-state index contributed by atoms with van der Waals surface area (Å²) >= 11 is 0. The molecule has 0 unspecified atom stereocenters. The number of aromatic nitrogens is 2. The number of hydrogen-bond acceptors (Lipinski definition) is 3. The smallest absolute Gasteiger partial charge is 0.225 e. The van der Waals surface area contributed by atoms with Crippen molar-refractivity contribution < 1.29 is 9.59 Å². The van der Waals surface area contributed by atoms with Crippen molar-refractivity contribution in [2.45, 2.75) is 32.4 Å². The summed E-state index contributed by atoms with van der Waals surface area (Å²) in [5.41, 5.74) is 1.09. The maximum absolute atomic E-state index is 12.3. The second kappa shape index (κ2) is 7.96. The summed E-state index contributed by atoms with van der Waals surface area (Å²) in [6.07, 6.45) is 6.54. The van der Waals surface area contributed by atoms with Crippen molar-refractivity contribution in [2.24, 2.45) is 5.92 Å². The molecule has 1 N–H and O–H groups in total. The van der Waals surface area contributed by atoms with Gasteiger partial charge in [-0.25, -0.2) is 4.98 Å². The fourth-order valence-electron chi connectivity index (χ4n) is 3.23.